The van der Waals surface area contributed by atoms with Crippen LogP contribution in [0.2, 0.25) is 0 Å². The Morgan fingerprint density at radius 3 is 2.64 bits per heavy atom. The Labute approximate surface area is 147 Å². The molecule has 0 saturated carbocycles. The van der Waals surface area contributed by atoms with E-state index in [2.05, 4.69) is 11.0 Å². The number of nitriles is 1. The highest BCUT2D eigenvalue weighted by molar-refractivity contribution is 6.18. The predicted octanol–water partition coefficient (Wildman–Crippen LogP) is 2.54. The first-order chi connectivity index (χ1) is 12.1. The van der Waals surface area contributed by atoms with Gasteiger partial charge in [-0.05, 0) is 68.6 Å². The molecule has 3 aliphatic heterocycles. The quantitative estimate of drug-likeness (QED) is 0.790. The van der Waals surface area contributed by atoms with E-state index in [1.54, 1.807) is 12.1 Å². The molecule has 0 unspecified atom stereocenters. The zero-order chi connectivity index (χ0) is 17.4. The van der Waals surface area contributed by atoms with Crippen molar-refractivity contribution in [3.05, 3.63) is 34.9 Å². The molecule has 2 bridgehead atoms. The van der Waals surface area contributed by atoms with Crippen molar-refractivity contribution in [2.45, 2.75) is 25.7 Å². The largest absolute Gasteiger partial charge is 0.495 e. The molecular weight excluding hydrogens is 316 g/mol. The summed E-state index contributed by atoms with van der Waals surface area (Å²) in [5, 5.41) is 9.20. The van der Waals surface area contributed by atoms with Crippen LogP contribution in [0, 0.1) is 16.7 Å². The highest BCUT2D eigenvalue weighted by Gasteiger charge is 2.40. The van der Waals surface area contributed by atoms with E-state index < -0.39 is 0 Å². The summed E-state index contributed by atoms with van der Waals surface area (Å²) < 4.78 is 11.0. The average Bonchev–Trinajstić information content (AvgIpc) is 3.09. The number of nitrogens with zero attached hydrogens (tertiary/aromatic N) is 2. The number of benzene rings is 1. The van der Waals surface area contributed by atoms with Crippen LogP contribution in [0.15, 0.2) is 18.2 Å². The molecule has 0 aromatic heterocycles. The molecule has 3 saturated heterocycles. The zero-order valence-corrected chi connectivity index (χ0v) is 14.5. The van der Waals surface area contributed by atoms with E-state index in [9.17, 15) is 10.1 Å². The Morgan fingerprint density at radius 2 is 2.00 bits per heavy atom. The van der Waals surface area contributed by atoms with E-state index in [4.69, 9.17) is 9.47 Å². The van der Waals surface area contributed by atoms with Crippen molar-refractivity contribution in [2.24, 2.45) is 5.41 Å². The number of carbonyl (C=O) groups excluding carboxylic acids is 1. The summed E-state index contributed by atoms with van der Waals surface area (Å²) in [5.74, 6) is 0.244. The van der Waals surface area contributed by atoms with Crippen molar-refractivity contribution < 1.29 is 14.3 Å². The molecule has 0 radical (unpaired) electrons. The number of piperidine rings is 3. The minimum atomic E-state index is -0.257. The van der Waals surface area contributed by atoms with Crippen molar-refractivity contribution in [2.75, 3.05) is 33.4 Å². The lowest BCUT2D eigenvalue weighted by Gasteiger charge is -2.47. The van der Waals surface area contributed by atoms with Gasteiger partial charge < -0.3 is 14.4 Å². The molecule has 1 aliphatic carbocycles. The fourth-order valence-electron chi connectivity index (χ4n) is 4.22. The van der Waals surface area contributed by atoms with Gasteiger partial charge in [-0.15, -0.1) is 0 Å². The molecular formula is C20H22N2O3. The molecule has 4 aliphatic rings. The summed E-state index contributed by atoms with van der Waals surface area (Å²) in [5.41, 5.74) is 3.08. The van der Waals surface area contributed by atoms with Crippen LogP contribution in [0.4, 0.5) is 0 Å². The van der Waals surface area contributed by atoms with Gasteiger partial charge >= 0.3 is 5.97 Å². The topological polar surface area (TPSA) is 62.6 Å². The minimum absolute atomic E-state index is 0.175. The van der Waals surface area contributed by atoms with Crippen molar-refractivity contribution >= 4 is 11.5 Å². The lowest BCUT2D eigenvalue weighted by Crippen LogP contribution is -2.50. The third-order valence-corrected chi connectivity index (χ3v) is 5.97. The van der Waals surface area contributed by atoms with Crippen molar-refractivity contribution in [3.63, 3.8) is 0 Å². The molecule has 5 heteroatoms. The van der Waals surface area contributed by atoms with E-state index in [0.717, 1.165) is 50.0 Å². The van der Waals surface area contributed by atoms with Crippen LogP contribution in [0.3, 0.4) is 0 Å². The van der Waals surface area contributed by atoms with E-state index in [1.165, 1.54) is 7.11 Å². The summed E-state index contributed by atoms with van der Waals surface area (Å²) in [6.07, 6.45) is 5.91. The summed E-state index contributed by atoms with van der Waals surface area (Å²) in [4.78, 5) is 15.2. The van der Waals surface area contributed by atoms with Crippen LogP contribution in [0.1, 0.15) is 36.0 Å². The lowest BCUT2D eigenvalue weighted by molar-refractivity contribution is -0.143. The maximum Gasteiger partial charge on any atom is 0.338 e. The highest BCUT2D eigenvalue weighted by atomic mass is 16.5. The molecule has 0 amide bonds. The Hall–Kier alpha value is -2.32. The molecule has 5 rings (SSSR count). The van der Waals surface area contributed by atoms with Gasteiger partial charge in [0.2, 0.25) is 0 Å². The summed E-state index contributed by atoms with van der Waals surface area (Å²) in [6, 6.07) is 5.73. The average molecular weight is 338 g/mol. The van der Waals surface area contributed by atoms with Gasteiger partial charge in [-0.2, -0.15) is 5.26 Å². The van der Waals surface area contributed by atoms with Crippen molar-refractivity contribution in [1.29, 1.82) is 5.26 Å². The van der Waals surface area contributed by atoms with E-state index in [-0.39, 0.29) is 11.4 Å². The maximum absolute atomic E-state index is 12.7. The number of hydrogen-bond acceptors (Lipinski definition) is 5. The smallest absolute Gasteiger partial charge is 0.338 e. The van der Waals surface area contributed by atoms with Gasteiger partial charge in [-0.1, -0.05) is 6.08 Å². The second-order valence-electron chi connectivity index (χ2n) is 7.31. The van der Waals surface area contributed by atoms with E-state index in [1.807, 2.05) is 6.08 Å². The molecule has 1 aromatic rings. The molecule has 0 atom stereocenters. The van der Waals surface area contributed by atoms with Crippen LogP contribution in [-0.4, -0.2) is 44.2 Å². The van der Waals surface area contributed by atoms with Crippen LogP contribution >= 0.6 is 0 Å². The van der Waals surface area contributed by atoms with Gasteiger partial charge in [-0.25, -0.2) is 4.79 Å². The van der Waals surface area contributed by atoms with Crippen LogP contribution in [0.25, 0.3) is 5.57 Å². The summed E-state index contributed by atoms with van der Waals surface area (Å²) in [6.45, 7) is 3.88. The number of hydrogen-bond donors (Lipinski definition) is 0. The third-order valence-electron chi connectivity index (χ3n) is 5.97. The van der Waals surface area contributed by atoms with Crippen LogP contribution in [-0.2, 0) is 16.0 Å². The summed E-state index contributed by atoms with van der Waals surface area (Å²) >= 11 is 0. The first kappa shape index (κ1) is 16.2. The van der Waals surface area contributed by atoms with Crippen molar-refractivity contribution in [1.82, 2.24) is 4.90 Å². The van der Waals surface area contributed by atoms with E-state index >= 15 is 0 Å². The molecule has 0 N–H and O–H groups in total. The molecule has 1 aromatic carbocycles. The number of methoxy groups -OCH3 is 1. The van der Waals surface area contributed by atoms with Gasteiger partial charge in [0.05, 0.1) is 24.9 Å². The monoisotopic (exact) mass is 338 g/mol. The summed E-state index contributed by atoms with van der Waals surface area (Å²) in [7, 11) is 1.54. The Kier molecular flexibility index (Phi) is 4.01. The van der Waals surface area contributed by atoms with Gasteiger partial charge in [0.15, 0.2) is 0 Å². The molecule has 130 valence electrons. The predicted molar refractivity (Wildman–Crippen MR) is 93.1 cm³/mol. The molecule has 5 nitrogen and oxygen atoms in total. The lowest BCUT2D eigenvalue weighted by atomic mass is 9.73. The fourth-order valence-corrected chi connectivity index (χ4v) is 4.22. The van der Waals surface area contributed by atoms with Gasteiger partial charge in [-0.3, -0.25) is 0 Å². The molecule has 3 heterocycles. The fraction of sp³-hybridized carbons (Fsp3) is 0.500. The number of ether oxygens (including phenoxy) is 2. The number of esters is 1. The molecule has 25 heavy (non-hydrogen) atoms. The Balaban J connectivity index is 1.49. The Morgan fingerprint density at radius 1 is 1.28 bits per heavy atom. The van der Waals surface area contributed by atoms with Gasteiger partial charge in [0.1, 0.15) is 11.8 Å². The third kappa shape index (κ3) is 2.81. The zero-order valence-electron chi connectivity index (χ0n) is 14.5. The first-order valence-electron chi connectivity index (χ1n) is 8.85. The van der Waals surface area contributed by atoms with Crippen LogP contribution in [0.5, 0.6) is 5.75 Å². The maximum atomic E-state index is 12.7. The number of fused-ring (bicyclic) bond motifs is 4. The minimum Gasteiger partial charge on any atom is -0.495 e. The SMILES string of the molecule is COc1cc2c(cc1C#N)CC=C2C(=O)OCC12CCN(CC1)CC2. The van der Waals surface area contributed by atoms with Crippen molar-refractivity contribution in [3.8, 4) is 11.8 Å². The number of rotatable bonds is 4. The first-order valence-corrected chi connectivity index (χ1v) is 8.85. The number of allylic oxidation sites excluding steroid dienone is 1. The van der Waals surface area contributed by atoms with E-state index in [0.29, 0.717) is 29.9 Å². The van der Waals surface area contributed by atoms with Gasteiger partial charge in [0, 0.05) is 5.41 Å². The number of carbonyl (C=O) groups is 1. The van der Waals surface area contributed by atoms with Gasteiger partial charge in [0.25, 0.3) is 0 Å². The van der Waals surface area contributed by atoms with Crippen LogP contribution < -0.4 is 4.74 Å². The second kappa shape index (κ2) is 6.20. The normalized spacial score (nSPS) is 26.6. The molecule has 0 spiro atoms. The second-order valence-corrected chi connectivity index (χ2v) is 7.31. The molecule has 3 fully saturated rings. The standard InChI is InChI=1S/C20H22N2O3/c1-24-18-11-17-14(10-15(18)12-21)2-3-16(17)19(23)25-13-20-4-7-22(8-5-20)9-6-20/h3,10-11H,2,4-9,13H2,1H3. The Bertz CT molecular complexity index is 769. The highest BCUT2D eigenvalue weighted by Crippen LogP contribution is 2.41.